The molecule has 16 heavy (non-hydrogen) atoms. The van der Waals surface area contributed by atoms with Gasteiger partial charge in [0.15, 0.2) is 0 Å². The minimum Gasteiger partial charge on any atom is -0.500 e. The van der Waals surface area contributed by atoms with E-state index >= 15 is 0 Å². The van der Waals surface area contributed by atoms with E-state index in [1.165, 1.54) is 0 Å². The van der Waals surface area contributed by atoms with E-state index in [1.807, 2.05) is 36.4 Å². The Labute approximate surface area is 100 Å². The highest BCUT2D eigenvalue weighted by Crippen LogP contribution is 2.33. The van der Waals surface area contributed by atoms with Crippen LogP contribution in [0.2, 0.25) is 0 Å². The highest BCUT2D eigenvalue weighted by atomic mass is 35.5. The molecule has 0 saturated carbocycles. The molecular weight excluding hydrogens is 222 g/mol. The van der Waals surface area contributed by atoms with Gasteiger partial charge in [-0.05, 0) is 11.6 Å². The van der Waals surface area contributed by atoms with Crippen LogP contribution in [0.1, 0.15) is 12.0 Å². The number of nitrogens with two attached hydrogens (primary N) is 1. The van der Waals surface area contributed by atoms with Gasteiger partial charge in [-0.1, -0.05) is 48.0 Å². The molecule has 0 spiro atoms. The second-order valence-electron chi connectivity index (χ2n) is 3.84. The summed E-state index contributed by atoms with van der Waals surface area (Å²) in [5, 5.41) is 0. The second-order valence-corrected chi connectivity index (χ2v) is 4.55. The summed E-state index contributed by atoms with van der Waals surface area (Å²) < 4.78 is 5.36. The molecule has 1 aromatic carbocycles. The van der Waals surface area contributed by atoms with Gasteiger partial charge in [-0.2, -0.15) is 0 Å². The predicted molar refractivity (Wildman–Crippen MR) is 66.9 cm³/mol. The SMILES string of the molecule is COC1=C(c2ccccc2)C=CC(N)(Cl)C1. The van der Waals surface area contributed by atoms with Gasteiger partial charge in [-0.3, -0.25) is 0 Å². The van der Waals surface area contributed by atoms with Crippen molar-refractivity contribution in [3.05, 3.63) is 53.8 Å². The molecule has 3 heteroatoms. The van der Waals surface area contributed by atoms with Gasteiger partial charge in [-0.15, -0.1) is 0 Å². The van der Waals surface area contributed by atoms with Gasteiger partial charge in [0.2, 0.25) is 0 Å². The standard InChI is InChI=1S/C13H14ClNO/c1-16-12-9-13(14,15)8-7-11(12)10-5-3-2-4-6-10/h2-8H,9,15H2,1H3. The molecule has 0 aliphatic heterocycles. The number of benzene rings is 1. The summed E-state index contributed by atoms with van der Waals surface area (Å²) in [6.07, 6.45) is 4.23. The first kappa shape index (κ1) is 11.2. The van der Waals surface area contributed by atoms with Crippen LogP contribution in [-0.4, -0.2) is 12.1 Å². The summed E-state index contributed by atoms with van der Waals surface area (Å²) in [4.78, 5) is -0.830. The third-order valence-electron chi connectivity index (χ3n) is 2.59. The molecule has 0 saturated heterocycles. The van der Waals surface area contributed by atoms with E-state index < -0.39 is 5.00 Å². The lowest BCUT2D eigenvalue weighted by molar-refractivity contribution is 0.271. The third-order valence-corrected chi connectivity index (χ3v) is 2.85. The molecule has 84 valence electrons. The smallest absolute Gasteiger partial charge is 0.117 e. The van der Waals surface area contributed by atoms with E-state index in [1.54, 1.807) is 13.2 Å². The van der Waals surface area contributed by atoms with E-state index in [0.717, 1.165) is 16.9 Å². The number of hydrogen-bond donors (Lipinski definition) is 1. The summed E-state index contributed by atoms with van der Waals surface area (Å²) in [5.74, 6) is 0.825. The number of hydrogen-bond acceptors (Lipinski definition) is 2. The summed E-state index contributed by atoms with van der Waals surface area (Å²) in [6, 6.07) is 10.0. The topological polar surface area (TPSA) is 35.2 Å². The number of ether oxygens (including phenoxy) is 1. The van der Waals surface area contributed by atoms with Gasteiger partial charge in [0, 0.05) is 12.0 Å². The quantitative estimate of drug-likeness (QED) is 0.632. The molecule has 1 aliphatic rings. The minimum atomic E-state index is -0.830. The zero-order chi connectivity index (χ0) is 11.6. The van der Waals surface area contributed by atoms with Crippen LogP contribution in [-0.2, 0) is 4.74 Å². The van der Waals surface area contributed by atoms with Crippen LogP contribution in [0.3, 0.4) is 0 Å². The predicted octanol–water partition coefficient (Wildman–Crippen LogP) is 2.90. The third kappa shape index (κ3) is 2.29. The van der Waals surface area contributed by atoms with E-state index in [-0.39, 0.29) is 0 Å². The minimum absolute atomic E-state index is 0.506. The van der Waals surface area contributed by atoms with Crippen molar-refractivity contribution in [2.24, 2.45) is 5.73 Å². The Balaban J connectivity index is 2.41. The summed E-state index contributed by atoms with van der Waals surface area (Å²) >= 11 is 6.08. The average Bonchev–Trinajstić information content (AvgIpc) is 2.29. The lowest BCUT2D eigenvalue weighted by Gasteiger charge is -2.25. The van der Waals surface area contributed by atoms with Crippen molar-refractivity contribution in [2.75, 3.05) is 7.11 Å². The van der Waals surface area contributed by atoms with Crippen molar-refractivity contribution < 1.29 is 4.74 Å². The summed E-state index contributed by atoms with van der Waals surface area (Å²) in [7, 11) is 1.64. The van der Waals surface area contributed by atoms with Crippen LogP contribution in [0, 0.1) is 0 Å². The van der Waals surface area contributed by atoms with Crippen LogP contribution in [0.4, 0.5) is 0 Å². The molecule has 1 aromatic rings. The Bertz CT molecular complexity index is 435. The first-order valence-corrected chi connectivity index (χ1v) is 5.50. The monoisotopic (exact) mass is 235 g/mol. The molecule has 1 unspecified atom stereocenters. The molecular formula is C13H14ClNO. The molecule has 2 rings (SSSR count). The molecule has 0 radical (unpaired) electrons. The van der Waals surface area contributed by atoms with Crippen molar-refractivity contribution in [1.29, 1.82) is 0 Å². The first-order valence-electron chi connectivity index (χ1n) is 5.12. The van der Waals surface area contributed by atoms with Crippen LogP contribution in [0.15, 0.2) is 48.2 Å². The molecule has 0 amide bonds. The van der Waals surface area contributed by atoms with E-state index in [9.17, 15) is 0 Å². The Kier molecular flexibility index (Phi) is 3.03. The molecule has 1 atom stereocenters. The van der Waals surface area contributed by atoms with Crippen molar-refractivity contribution in [2.45, 2.75) is 11.4 Å². The average molecular weight is 236 g/mol. The van der Waals surface area contributed by atoms with Gasteiger partial charge < -0.3 is 10.5 Å². The van der Waals surface area contributed by atoms with Crippen LogP contribution in [0.25, 0.3) is 5.57 Å². The highest BCUT2D eigenvalue weighted by molar-refractivity contribution is 6.25. The Hall–Kier alpha value is -1.25. The van der Waals surface area contributed by atoms with E-state index in [4.69, 9.17) is 22.1 Å². The van der Waals surface area contributed by atoms with Crippen LogP contribution in [0.5, 0.6) is 0 Å². The molecule has 0 fully saturated rings. The molecule has 0 aromatic heterocycles. The van der Waals surface area contributed by atoms with Gasteiger partial charge >= 0.3 is 0 Å². The fraction of sp³-hybridized carbons (Fsp3) is 0.231. The maximum absolute atomic E-state index is 6.08. The van der Waals surface area contributed by atoms with Crippen molar-refractivity contribution >= 4 is 17.2 Å². The second kappa shape index (κ2) is 4.32. The zero-order valence-electron chi connectivity index (χ0n) is 9.11. The normalized spacial score (nSPS) is 24.7. The zero-order valence-corrected chi connectivity index (χ0v) is 9.87. The van der Waals surface area contributed by atoms with Crippen molar-refractivity contribution in [3.63, 3.8) is 0 Å². The van der Waals surface area contributed by atoms with Crippen LogP contribution < -0.4 is 5.73 Å². The molecule has 2 N–H and O–H groups in total. The number of allylic oxidation sites excluding steroid dienone is 2. The van der Waals surface area contributed by atoms with Crippen LogP contribution >= 0.6 is 11.6 Å². The lowest BCUT2D eigenvalue weighted by Crippen LogP contribution is -2.33. The lowest BCUT2D eigenvalue weighted by atomic mass is 9.95. The molecule has 0 bridgehead atoms. The first-order chi connectivity index (χ1) is 7.62. The van der Waals surface area contributed by atoms with E-state index in [0.29, 0.717) is 6.42 Å². The van der Waals surface area contributed by atoms with Gasteiger partial charge in [0.05, 0.1) is 7.11 Å². The van der Waals surface area contributed by atoms with Gasteiger partial charge in [0.25, 0.3) is 0 Å². The summed E-state index contributed by atoms with van der Waals surface area (Å²) in [6.45, 7) is 0. The Morgan fingerprint density at radius 1 is 1.31 bits per heavy atom. The molecule has 2 nitrogen and oxygen atoms in total. The van der Waals surface area contributed by atoms with E-state index in [2.05, 4.69) is 0 Å². The number of halogens is 1. The number of alkyl halides is 1. The maximum Gasteiger partial charge on any atom is 0.117 e. The van der Waals surface area contributed by atoms with Crippen molar-refractivity contribution in [3.8, 4) is 0 Å². The number of rotatable bonds is 2. The fourth-order valence-corrected chi connectivity index (χ4v) is 1.96. The fourth-order valence-electron chi connectivity index (χ4n) is 1.77. The molecule has 1 aliphatic carbocycles. The number of methoxy groups -OCH3 is 1. The van der Waals surface area contributed by atoms with Gasteiger partial charge in [-0.25, -0.2) is 0 Å². The Morgan fingerprint density at radius 2 is 2.00 bits per heavy atom. The largest absolute Gasteiger partial charge is 0.500 e. The van der Waals surface area contributed by atoms with Crippen molar-refractivity contribution in [1.82, 2.24) is 0 Å². The molecule has 0 heterocycles. The summed E-state index contributed by atoms with van der Waals surface area (Å²) in [5.41, 5.74) is 8.01. The highest BCUT2D eigenvalue weighted by Gasteiger charge is 2.26. The Morgan fingerprint density at radius 3 is 2.62 bits per heavy atom. The van der Waals surface area contributed by atoms with Gasteiger partial charge in [0.1, 0.15) is 10.8 Å². The maximum atomic E-state index is 6.08.